The largest absolute Gasteiger partial charge is 0.476 e. The number of carbonyl (C=O) groups excluding carboxylic acids is 1. The minimum atomic E-state index is -1.30. The molecule has 2 aromatic rings. The van der Waals surface area contributed by atoms with Crippen LogP contribution in [0, 0.1) is 0 Å². The van der Waals surface area contributed by atoms with E-state index in [1.54, 1.807) is 18.2 Å². The van der Waals surface area contributed by atoms with Crippen LogP contribution in [-0.2, 0) is 11.2 Å². The molecule has 1 aromatic carbocycles. The van der Waals surface area contributed by atoms with Crippen LogP contribution >= 0.6 is 22.9 Å². The zero-order valence-electron chi connectivity index (χ0n) is 11.3. The fourth-order valence-electron chi connectivity index (χ4n) is 1.74. The van der Waals surface area contributed by atoms with Crippen LogP contribution in [0.1, 0.15) is 27.2 Å². The SMILES string of the molecule is O=C(O)c1csc(CCNC(=O)C(O)c2cccc(Cl)c2)n1. The third-order valence-corrected chi connectivity index (χ3v) is 3.97. The summed E-state index contributed by atoms with van der Waals surface area (Å²) < 4.78 is 0. The number of benzene rings is 1. The van der Waals surface area contributed by atoms with Gasteiger partial charge in [0.15, 0.2) is 11.8 Å². The monoisotopic (exact) mass is 340 g/mol. The number of aliphatic hydroxyl groups excluding tert-OH is 1. The van der Waals surface area contributed by atoms with Gasteiger partial charge in [-0.25, -0.2) is 9.78 Å². The van der Waals surface area contributed by atoms with Gasteiger partial charge in [0.25, 0.3) is 5.91 Å². The van der Waals surface area contributed by atoms with Gasteiger partial charge in [0.1, 0.15) is 0 Å². The number of hydrogen-bond acceptors (Lipinski definition) is 5. The summed E-state index contributed by atoms with van der Waals surface area (Å²) in [7, 11) is 0. The molecule has 1 unspecified atom stereocenters. The Morgan fingerprint density at radius 3 is 2.82 bits per heavy atom. The van der Waals surface area contributed by atoms with Gasteiger partial charge in [0.05, 0.1) is 5.01 Å². The Morgan fingerprint density at radius 2 is 2.18 bits per heavy atom. The van der Waals surface area contributed by atoms with E-state index in [0.29, 0.717) is 22.0 Å². The van der Waals surface area contributed by atoms with Gasteiger partial charge in [-0.05, 0) is 17.7 Å². The molecule has 0 aliphatic rings. The molecule has 116 valence electrons. The minimum absolute atomic E-state index is 0.00899. The molecule has 6 nitrogen and oxygen atoms in total. The lowest BCUT2D eigenvalue weighted by atomic mass is 10.1. The summed E-state index contributed by atoms with van der Waals surface area (Å²) in [6.45, 7) is 0.253. The maximum absolute atomic E-state index is 11.8. The maximum atomic E-state index is 11.8. The molecule has 2 rings (SSSR count). The molecule has 1 aromatic heterocycles. The maximum Gasteiger partial charge on any atom is 0.355 e. The smallest absolute Gasteiger partial charge is 0.355 e. The first-order valence-corrected chi connectivity index (χ1v) is 7.62. The molecular formula is C14H13ClN2O4S. The van der Waals surface area contributed by atoms with Crippen molar-refractivity contribution in [2.75, 3.05) is 6.54 Å². The molecule has 3 N–H and O–H groups in total. The van der Waals surface area contributed by atoms with Crippen LogP contribution in [0.2, 0.25) is 5.02 Å². The highest BCUT2D eigenvalue weighted by Gasteiger charge is 2.17. The van der Waals surface area contributed by atoms with Gasteiger partial charge in [-0.15, -0.1) is 11.3 Å². The molecule has 0 bridgehead atoms. The fourth-order valence-corrected chi connectivity index (χ4v) is 2.71. The van der Waals surface area contributed by atoms with Crippen LogP contribution in [0.15, 0.2) is 29.6 Å². The number of rotatable bonds is 6. The van der Waals surface area contributed by atoms with E-state index >= 15 is 0 Å². The molecule has 0 fully saturated rings. The number of thiazole rings is 1. The van der Waals surface area contributed by atoms with Crippen molar-refractivity contribution in [1.29, 1.82) is 0 Å². The second-order valence-corrected chi connectivity index (χ2v) is 5.81. The molecule has 0 aliphatic heterocycles. The molecule has 1 atom stereocenters. The minimum Gasteiger partial charge on any atom is -0.476 e. The van der Waals surface area contributed by atoms with Gasteiger partial charge in [-0.1, -0.05) is 23.7 Å². The highest BCUT2D eigenvalue weighted by Crippen LogP contribution is 2.17. The first kappa shape index (κ1) is 16.4. The van der Waals surface area contributed by atoms with Gasteiger partial charge >= 0.3 is 5.97 Å². The zero-order chi connectivity index (χ0) is 16.1. The molecular weight excluding hydrogens is 328 g/mol. The Morgan fingerprint density at radius 1 is 1.41 bits per heavy atom. The van der Waals surface area contributed by atoms with E-state index in [1.165, 1.54) is 22.8 Å². The number of amides is 1. The standard InChI is InChI=1S/C14H13ClN2O4S/c15-9-3-1-2-8(6-9)12(18)13(19)16-5-4-11-17-10(7-22-11)14(20)21/h1-3,6-7,12,18H,4-5H2,(H,16,19)(H,20,21). The summed E-state index contributed by atoms with van der Waals surface area (Å²) >= 11 is 7.02. The van der Waals surface area contributed by atoms with Crippen LogP contribution in [0.25, 0.3) is 0 Å². The van der Waals surface area contributed by atoms with Gasteiger partial charge in [-0.3, -0.25) is 4.79 Å². The lowest BCUT2D eigenvalue weighted by Crippen LogP contribution is -2.31. The van der Waals surface area contributed by atoms with Gasteiger partial charge in [0.2, 0.25) is 0 Å². The summed E-state index contributed by atoms with van der Waals surface area (Å²) in [6, 6.07) is 6.43. The van der Waals surface area contributed by atoms with Crippen molar-refractivity contribution < 1.29 is 19.8 Å². The van der Waals surface area contributed by atoms with Gasteiger partial charge < -0.3 is 15.5 Å². The number of carboxylic acids is 1. The lowest BCUT2D eigenvalue weighted by Gasteiger charge is -2.11. The van der Waals surface area contributed by atoms with E-state index in [1.807, 2.05) is 0 Å². The van der Waals surface area contributed by atoms with E-state index in [4.69, 9.17) is 16.7 Å². The topological polar surface area (TPSA) is 99.5 Å². The number of aromatic carboxylic acids is 1. The van der Waals surface area contributed by atoms with E-state index in [-0.39, 0.29) is 12.2 Å². The molecule has 1 heterocycles. The van der Waals surface area contributed by atoms with Crippen molar-refractivity contribution in [2.45, 2.75) is 12.5 Å². The second-order valence-electron chi connectivity index (χ2n) is 4.43. The highest BCUT2D eigenvalue weighted by atomic mass is 35.5. The van der Waals surface area contributed by atoms with E-state index in [9.17, 15) is 14.7 Å². The second kappa shape index (κ2) is 7.35. The van der Waals surface area contributed by atoms with Crippen LogP contribution in [-0.4, -0.2) is 33.6 Å². The number of aromatic nitrogens is 1. The van der Waals surface area contributed by atoms with Crippen molar-refractivity contribution in [1.82, 2.24) is 10.3 Å². The fraction of sp³-hybridized carbons (Fsp3) is 0.214. The molecule has 0 saturated carbocycles. The molecule has 0 radical (unpaired) electrons. The zero-order valence-corrected chi connectivity index (χ0v) is 12.9. The van der Waals surface area contributed by atoms with Crippen molar-refractivity contribution in [3.63, 3.8) is 0 Å². The van der Waals surface area contributed by atoms with E-state index < -0.39 is 18.0 Å². The highest BCUT2D eigenvalue weighted by molar-refractivity contribution is 7.09. The number of nitrogens with one attached hydrogen (secondary N) is 1. The molecule has 22 heavy (non-hydrogen) atoms. The molecule has 0 aliphatic carbocycles. The first-order valence-electron chi connectivity index (χ1n) is 6.36. The summed E-state index contributed by atoms with van der Waals surface area (Å²) in [5.74, 6) is -1.62. The quantitative estimate of drug-likeness (QED) is 0.745. The summed E-state index contributed by atoms with van der Waals surface area (Å²) in [5, 5.41) is 23.8. The molecule has 0 saturated heterocycles. The van der Waals surface area contributed by atoms with Gasteiger partial charge in [0, 0.05) is 23.4 Å². The van der Waals surface area contributed by atoms with Crippen LogP contribution in [0.3, 0.4) is 0 Å². The predicted octanol–water partition coefficient (Wildman–Crippen LogP) is 1.89. The molecule has 1 amide bonds. The Bertz CT molecular complexity index is 689. The third kappa shape index (κ3) is 4.27. The Balaban J connectivity index is 1.85. The lowest BCUT2D eigenvalue weighted by molar-refractivity contribution is -0.129. The van der Waals surface area contributed by atoms with Gasteiger partial charge in [-0.2, -0.15) is 0 Å². The normalized spacial score (nSPS) is 11.9. The average molecular weight is 341 g/mol. The summed E-state index contributed by atoms with van der Waals surface area (Å²) in [4.78, 5) is 26.5. The number of hydrogen-bond donors (Lipinski definition) is 3. The van der Waals surface area contributed by atoms with E-state index in [0.717, 1.165) is 0 Å². The summed E-state index contributed by atoms with van der Waals surface area (Å²) in [5.41, 5.74) is 0.401. The third-order valence-electron chi connectivity index (χ3n) is 2.82. The van der Waals surface area contributed by atoms with E-state index in [2.05, 4.69) is 10.3 Å². The van der Waals surface area contributed by atoms with Crippen molar-refractivity contribution in [2.24, 2.45) is 0 Å². The summed E-state index contributed by atoms with van der Waals surface area (Å²) in [6.07, 6.45) is -0.907. The van der Waals surface area contributed by atoms with Crippen molar-refractivity contribution >= 4 is 34.8 Å². The average Bonchev–Trinajstić information content (AvgIpc) is 2.95. The Labute approximate surface area is 135 Å². The molecule has 0 spiro atoms. The predicted molar refractivity (Wildman–Crippen MR) is 82.2 cm³/mol. The first-order chi connectivity index (χ1) is 10.5. The Kier molecular flexibility index (Phi) is 5.48. The van der Waals surface area contributed by atoms with Crippen molar-refractivity contribution in [3.05, 3.63) is 50.9 Å². The van der Waals surface area contributed by atoms with Crippen LogP contribution in [0.4, 0.5) is 0 Å². The number of halogens is 1. The number of aliphatic hydroxyl groups is 1. The Hall–Kier alpha value is -1.96. The number of nitrogens with zero attached hydrogens (tertiary/aromatic N) is 1. The van der Waals surface area contributed by atoms with Crippen molar-refractivity contribution in [3.8, 4) is 0 Å². The number of carbonyl (C=O) groups is 2. The number of carboxylic acid groups (broad SMARTS) is 1. The molecule has 8 heteroatoms. The van der Waals surface area contributed by atoms with Crippen LogP contribution < -0.4 is 5.32 Å². The van der Waals surface area contributed by atoms with Crippen LogP contribution in [0.5, 0.6) is 0 Å².